The molecule has 0 aliphatic carbocycles. The highest BCUT2D eigenvalue weighted by Crippen LogP contribution is 2.36. The molecule has 0 aliphatic heterocycles. The Bertz CT molecular complexity index is 291. The lowest BCUT2D eigenvalue weighted by atomic mass is 9.71. The first kappa shape index (κ1) is 15.9. The molecule has 100 valence electrons. The molecule has 0 heterocycles. The van der Waals surface area contributed by atoms with E-state index in [-0.39, 0.29) is 11.8 Å². The molecular weight excluding hydrogens is 220 g/mol. The van der Waals surface area contributed by atoms with Crippen molar-refractivity contribution in [2.75, 3.05) is 7.05 Å². The lowest BCUT2D eigenvalue weighted by molar-refractivity contribution is -0.137. The third-order valence-corrected chi connectivity index (χ3v) is 3.14. The highest BCUT2D eigenvalue weighted by molar-refractivity contribution is 5.85. The van der Waals surface area contributed by atoms with Crippen molar-refractivity contribution < 1.29 is 9.59 Å². The fourth-order valence-electron chi connectivity index (χ4n) is 1.88. The van der Waals surface area contributed by atoms with E-state index >= 15 is 0 Å². The summed E-state index contributed by atoms with van der Waals surface area (Å²) in [4.78, 5) is 23.6. The summed E-state index contributed by atoms with van der Waals surface area (Å²) in [6.07, 6.45) is 1.04. The van der Waals surface area contributed by atoms with E-state index in [0.717, 1.165) is 0 Å². The van der Waals surface area contributed by atoms with Crippen LogP contribution in [-0.4, -0.2) is 18.9 Å². The SMILES string of the molecule is CCC(C)(CC(C)(C)C(=O)NNC)C(=O)NN. The normalized spacial score (nSPS) is 14.9. The molecule has 6 heteroatoms. The van der Waals surface area contributed by atoms with E-state index < -0.39 is 10.8 Å². The van der Waals surface area contributed by atoms with Gasteiger partial charge in [-0.3, -0.25) is 20.4 Å². The van der Waals surface area contributed by atoms with Crippen LogP contribution in [0.3, 0.4) is 0 Å². The van der Waals surface area contributed by atoms with Crippen molar-refractivity contribution in [3.63, 3.8) is 0 Å². The summed E-state index contributed by atoms with van der Waals surface area (Å²) in [5.74, 6) is 4.78. The lowest BCUT2D eigenvalue weighted by Gasteiger charge is -2.34. The van der Waals surface area contributed by atoms with Crippen molar-refractivity contribution in [2.45, 2.75) is 40.5 Å². The Balaban J connectivity index is 4.88. The second kappa shape index (κ2) is 5.97. The summed E-state index contributed by atoms with van der Waals surface area (Å²) in [6.45, 7) is 7.32. The van der Waals surface area contributed by atoms with Gasteiger partial charge in [0, 0.05) is 17.9 Å². The maximum atomic E-state index is 11.8. The van der Waals surface area contributed by atoms with Crippen molar-refractivity contribution in [3.8, 4) is 0 Å². The molecule has 0 aromatic carbocycles. The van der Waals surface area contributed by atoms with Gasteiger partial charge in [-0.25, -0.2) is 11.3 Å². The molecule has 0 rings (SSSR count). The van der Waals surface area contributed by atoms with Gasteiger partial charge in [0.1, 0.15) is 0 Å². The number of nitrogens with two attached hydrogens (primary N) is 1. The summed E-state index contributed by atoms with van der Waals surface area (Å²) >= 11 is 0. The number of carbonyl (C=O) groups excluding carboxylic acids is 2. The van der Waals surface area contributed by atoms with Crippen molar-refractivity contribution in [3.05, 3.63) is 0 Å². The largest absolute Gasteiger partial charge is 0.294 e. The lowest BCUT2D eigenvalue weighted by Crippen LogP contribution is -2.49. The van der Waals surface area contributed by atoms with Crippen molar-refractivity contribution >= 4 is 11.8 Å². The molecule has 0 fully saturated rings. The maximum Gasteiger partial charge on any atom is 0.239 e. The minimum absolute atomic E-state index is 0.149. The molecular formula is C11H24N4O2. The third kappa shape index (κ3) is 3.98. The number of rotatable bonds is 6. The highest BCUT2D eigenvalue weighted by atomic mass is 16.2. The first-order valence-electron chi connectivity index (χ1n) is 5.71. The van der Waals surface area contributed by atoms with E-state index in [0.29, 0.717) is 12.8 Å². The highest BCUT2D eigenvalue weighted by Gasteiger charge is 2.40. The van der Waals surface area contributed by atoms with E-state index in [4.69, 9.17) is 5.84 Å². The Kier molecular flexibility index (Phi) is 5.57. The molecule has 17 heavy (non-hydrogen) atoms. The minimum Gasteiger partial charge on any atom is -0.294 e. The van der Waals surface area contributed by atoms with Crippen LogP contribution in [0.1, 0.15) is 40.5 Å². The fourth-order valence-corrected chi connectivity index (χ4v) is 1.88. The van der Waals surface area contributed by atoms with Crippen LogP contribution in [0, 0.1) is 10.8 Å². The van der Waals surface area contributed by atoms with Gasteiger partial charge < -0.3 is 0 Å². The average molecular weight is 244 g/mol. The molecule has 0 spiro atoms. The topological polar surface area (TPSA) is 96.2 Å². The van der Waals surface area contributed by atoms with Gasteiger partial charge in [-0.05, 0) is 12.8 Å². The van der Waals surface area contributed by atoms with Crippen LogP contribution in [-0.2, 0) is 9.59 Å². The molecule has 0 aliphatic rings. The number of hydrogen-bond acceptors (Lipinski definition) is 4. The maximum absolute atomic E-state index is 11.8. The fraction of sp³-hybridized carbons (Fsp3) is 0.818. The number of carbonyl (C=O) groups is 2. The molecule has 2 amide bonds. The van der Waals surface area contributed by atoms with Crippen LogP contribution in [0.25, 0.3) is 0 Å². The van der Waals surface area contributed by atoms with Gasteiger partial charge in [-0.1, -0.05) is 27.7 Å². The molecule has 1 atom stereocenters. The van der Waals surface area contributed by atoms with Crippen LogP contribution in [0.4, 0.5) is 0 Å². The van der Waals surface area contributed by atoms with Crippen LogP contribution < -0.4 is 22.1 Å². The first-order chi connectivity index (χ1) is 7.73. The second-order valence-electron chi connectivity index (χ2n) is 5.15. The van der Waals surface area contributed by atoms with E-state index in [2.05, 4.69) is 16.3 Å². The Morgan fingerprint density at radius 2 is 1.71 bits per heavy atom. The quantitative estimate of drug-likeness (QED) is 0.302. The zero-order valence-electron chi connectivity index (χ0n) is 11.3. The van der Waals surface area contributed by atoms with Gasteiger partial charge in [0.2, 0.25) is 11.8 Å². The predicted molar refractivity (Wildman–Crippen MR) is 66.3 cm³/mol. The smallest absolute Gasteiger partial charge is 0.239 e. The van der Waals surface area contributed by atoms with Crippen LogP contribution >= 0.6 is 0 Å². The number of nitrogens with one attached hydrogen (secondary N) is 3. The number of hydrogen-bond donors (Lipinski definition) is 4. The zero-order valence-corrected chi connectivity index (χ0v) is 11.3. The summed E-state index contributed by atoms with van der Waals surface area (Å²) in [5.41, 5.74) is 6.00. The zero-order chi connectivity index (χ0) is 13.7. The van der Waals surface area contributed by atoms with Crippen LogP contribution in [0.2, 0.25) is 0 Å². The number of hydrazine groups is 2. The van der Waals surface area contributed by atoms with Crippen molar-refractivity contribution in [2.24, 2.45) is 16.7 Å². The summed E-state index contributed by atoms with van der Waals surface area (Å²) in [5, 5.41) is 0. The Labute approximate surface area is 103 Å². The molecule has 0 bridgehead atoms. The molecule has 0 radical (unpaired) electrons. The first-order valence-corrected chi connectivity index (χ1v) is 5.71. The molecule has 0 aromatic heterocycles. The molecule has 1 unspecified atom stereocenters. The van der Waals surface area contributed by atoms with E-state index in [1.54, 1.807) is 20.9 Å². The standard InChI is InChI=1S/C11H24N4O2/c1-6-11(4,9(17)14-12)7-10(2,3)8(16)15-13-5/h13H,6-7,12H2,1-5H3,(H,14,17)(H,15,16). The van der Waals surface area contributed by atoms with E-state index in [1.807, 2.05) is 13.8 Å². The van der Waals surface area contributed by atoms with E-state index in [1.165, 1.54) is 0 Å². The Hall–Kier alpha value is -1.14. The average Bonchev–Trinajstić information content (AvgIpc) is 2.27. The predicted octanol–water partition coefficient (Wildman–Crippen LogP) is 0.0595. The Morgan fingerprint density at radius 3 is 2.06 bits per heavy atom. The van der Waals surface area contributed by atoms with Gasteiger partial charge in [-0.2, -0.15) is 0 Å². The van der Waals surface area contributed by atoms with Gasteiger partial charge in [0.05, 0.1) is 0 Å². The molecule has 0 aromatic rings. The molecule has 5 N–H and O–H groups in total. The summed E-state index contributed by atoms with van der Waals surface area (Å²) in [6, 6.07) is 0. The number of amides is 2. The van der Waals surface area contributed by atoms with Crippen LogP contribution in [0.5, 0.6) is 0 Å². The molecule has 0 saturated heterocycles. The Morgan fingerprint density at radius 1 is 1.18 bits per heavy atom. The molecule has 0 saturated carbocycles. The third-order valence-electron chi connectivity index (χ3n) is 3.14. The summed E-state index contributed by atoms with van der Waals surface area (Å²) in [7, 11) is 1.62. The van der Waals surface area contributed by atoms with Crippen molar-refractivity contribution in [1.29, 1.82) is 0 Å². The van der Waals surface area contributed by atoms with E-state index in [9.17, 15) is 9.59 Å². The summed E-state index contributed by atoms with van der Waals surface area (Å²) < 4.78 is 0. The monoisotopic (exact) mass is 244 g/mol. The van der Waals surface area contributed by atoms with Crippen LogP contribution in [0.15, 0.2) is 0 Å². The van der Waals surface area contributed by atoms with Gasteiger partial charge in [0.15, 0.2) is 0 Å². The van der Waals surface area contributed by atoms with Gasteiger partial charge in [0.25, 0.3) is 0 Å². The minimum atomic E-state index is -0.653. The van der Waals surface area contributed by atoms with Gasteiger partial charge in [-0.15, -0.1) is 0 Å². The molecule has 6 nitrogen and oxygen atoms in total. The van der Waals surface area contributed by atoms with Gasteiger partial charge >= 0.3 is 0 Å². The van der Waals surface area contributed by atoms with Crippen molar-refractivity contribution in [1.82, 2.24) is 16.3 Å². The second-order valence-corrected chi connectivity index (χ2v) is 5.15.